The minimum absolute atomic E-state index is 0.0591. The number of carbonyl (C=O) groups is 2. The lowest BCUT2D eigenvalue weighted by molar-refractivity contribution is 0.0996. The van der Waals surface area contributed by atoms with Crippen molar-refractivity contribution in [3.8, 4) is 11.3 Å². The molecule has 3 N–H and O–H groups in total. The predicted molar refractivity (Wildman–Crippen MR) is 104 cm³/mol. The minimum atomic E-state index is -0.530. The summed E-state index contributed by atoms with van der Waals surface area (Å²) in [6.07, 6.45) is 0. The normalized spacial score (nSPS) is 16.8. The maximum Gasteiger partial charge on any atom is 0.318 e. The number of primary amides is 1. The topological polar surface area (TPSA) is 93.2 Å². The largest absolute Gasteiger partial charge is 0.365 e. The molecule has 1 unspecified atom stereocenters. The van der Waals surface area contributed by atoms with E-state index >= 15 is 0 Å². The number of rotatable bonds is 2. The molecule has 0 spiro atoms. The molecule has 3 rings (SSSR count). The number of urea groups is 1. The molecule has 7 nitrogen and oxygen atoms in total. The van der Waals surface area contributed by atoms with E-state index in [4.69, 9.17) is 10.8 Å². The van der Waals surface area contributed by atoms with Gasteiger partial charge in [0, 0.05) is 17.6 Å². The standard InChI is InChI=1S/C20H27N5O2/c1-12-7-6-8-14(9-12)17-16(18(21)26)15-11-24(10-13(2)25(15)23-17)19(27)22-20(3,4)5/h6-9,13H,10-11H2,1-5H3,(H2,21,26)(H,22,27). The van der Waals surface area contributed by atoms with Crippen LogP contribution in [0.1, 0.15) is 55.4 Å². The molecule has 1 aromatic heterocycles. The molecule has 0 bridgehead atoms. The van der Waals surface area contributed by atoms with Crippen molar-refractivity contribution < 1.29 is 9.59 Å². The van der Waals surface area contributed by atoms with Gasteiger partial charge in [-0.1, -0.05) is 23.8 Å². The van der Waals surface area contributed by atoms with Crippen molar-refractivity contribution in [2.24, 2.45) is 5.73 Å². The second-order valence-corrected chi connectivity index (χ2v) is 8.26. The van der Waals surface area contributed by atoms with Crippen LogP contribution in [0.4, 0.5) is 4.79 Å². The van der Waals surface area contributed by atoms with Crippen molar-refractivity contribution in [1.82, 2.24) is 20.0 Å². The van der Waals surface area contributed by atoms with E-state index in [0.717, 1.165) is 11.1 Å². The van der Waals surface area contributed by atoms with Crippen molar-refractivity contribution in [1.29, 1.82) is 0 Å². The third-order valence-corrected chi connectivity index (χ3v) is 4.56. The Kier molecular flexibility index (Phi) is 4.71. The highest BCUT2D eigenvalue weighted by molar-refractivity contribution is 6.00. The summed E-state index contributed by atoms with van der Waals surface area (Å²) in [5.74, 6) is -0.530. The van der Waals surface area contributed by atoms with E-state index in [2.05, 4.69) is 5.32 Å². The van der Waals surface area contributed by atoms with Crippen molar-refractivity contribution in [2.75, 3.05) is 6.54 Å². The molecule has 0 aliphatic carbocycles. The number of nitrogens with one attached hydrogen (secondary N) is 1. The average molecular weight is 369 g/mol. The summed E-state index contributed by atoms with van der Waals surface area (Å²) in [6, 6.07) is 7.61. The SMILES string of the molecule is Cc1cccc(-c2nn3c(c2C(N)=O)CN(C(=O)NC(C)(C)C)CC3C)c1. The summed E-state index contributed by atoms with van der Waals surface area (Å²) >= 11 is 0. The Labute approximate surface area is 159 Å². The van der Waals surface area contributed by atoms with Gasteiger partial charge in [-0.05, 0) is 40.7 Å². The van der Waals surface area contributed by atoms with Crippen molar-refractivity contribution in [3.05, 3.63) is 41.1 Å². The first-order chi connectivity index (χ1) is 12.6. The third-order valence-electron chi connectivity index (χ3n) is 4.56. The monoisotopic (exact) mass is 369 g/mol. The molecule has 1 aliphatic heterocycles. The van der Waals surface area contributed by atoms with Gasteiger partial charge in [-0.2, -0.15) is 5.10 Å². The Morgan fingerprint density at radius 1 is 1.30 bits per heavy atom. The third kappa shape index (κ3) is 3.82. The number of fused-ring (bicyclic) bond motifs is 1. The van der Waals surface area contributed by atoms with Crippen LogP contribution >= 0.6 is 0 Å². The van der Waals surface area contributed by atoms with Crippen LogP contribution in [0.2, 0.25) is 0 Å². The average Bonchev–Trinajstić information content (AvgIpc) is 2.93. The lowest BCUT2D eigenvalue weighted by Crippen LogP contribution is -2.51. The maximum absolute atomic E-state index is 12.6. The second-order valence-electron chi connectivity index (χ2n) is 8.26. The van der Waals surface area contributed by atoms with Gasteiger partial charge < -0.3 is 16.0 Å². The van der Waals surface area contributed by atoms with Gasteiger partial charge in [-0.25, -0.2) is 4.79 Å². The molecule has 1 aromatic carbocycles. The van der Waals surface area contributed by atoms with Crippen LogP contribution in [0.15, 0.2) is 24.3 Å². The molecule has 3 amide bonds. The van der Waals surface area contributed by atoms with E-state index < -0.39 is 5.91 Å². The molecule has 0 saturated heterocycles. The molecule has 0 saturated carbocycles. The number of nitrogens with two attached hydrogens (primary N) is 1. The first-order valence-corrected chi connectivity index (χ1v) is 9.12. The van der Waals surface area contributed by atoms with Crippen LogP contribution in [0.25, 0.3) is 11.3 Å². The molecule has 0 radical (unpaired) electrons. The quantitative estimate of drug-likeness (QED) is 0.852. The highest BCUT2D eigenvalue weighted by Gasteiger charge is 2.33. The van der Waals surface area contributed by atoms with Crippen LogP contribution in [0, 0.1) is 6.92 Å². The summed E-state index contributed by atoms with van der Waals surface area (Å²) in [6.45, 7) is 10.6. The van der Waals surface area contributed by atoms with E-state index in [1.807, 2.05) is 63.6 Å². The van der Waals surface area contributed by atoms with Crippen LogP contribution in [-0.4, -0.2) is 38.7 Å². The number of nitrogens with zero attached hydrogens (tertiary/aromatic N) is 3. The van der Waals surface area contributed by atoms with E-state index in [-0.39, 0.29) is 17.6 Å². The van der Waals surface area contributed by atoms with Crippen molar-refractivity contribution in [2.45, 2.75) is 52.7 Å². The first-order valence-electron chi connectivity index (χ1n) is 9.12. The van der Waals surface area contributed by atoms with Gasteiger partial charge in [-0.3, -0.25) is 9.48 Å². The maximum atomic E-state index is 12.6. The molecule has 2 aromatic rings. The highest BCUT2D eigenvalue weighted by Crippen LogP contribution is 2.31. The van der Waals surface area contributed by atoms with Gasteiger partial charge in [0.05, 0.1) is 23.8 Å². The number of aryl methyl sites for hydroxylation is 1. The van der Waals surface area contributed by atoms with Crippen LogP contribution in [0.3, 0.4) is 0 Å². The predicted octanol–water partition coefficient (Wildman–Crippen LogP) is 2.84. The van der Waals surface area contributed by atoms with E-state index in [0.29, 0.717) is 30.0 Å². The Bertz CT molecular complexity index is 894. The number of hydrogen-bond acceptors (Lipinski definition) is 3. The Hall–Kier alpha value is -2.83. The van der Waals surface area contributed by atoms with E-state index in [1.165, 1.54) is 0 Å². The molecule has 1 aliphatic rings. The Balaban J connectivity index is 2.04. The van der Waals surface area contributed by atoms with Gasteiger partial charge >= 0.3 is 6.03 Å². The fourth-order valence-corrected chi connectivity index (χ4v) is 3.43. The van der Waals surface area contributed by atoms with E-state index in [1.54, 1.807) is 4.90 Å². The Morgan fingerprint density at radius 3 is 2.59 bits per heavy atom. The molecular formula is C20H27N5O2. The summed E-state index contributed by atoms with van der Waals surface area (Å²) in [5, 5.41) is 7.67. The summed E-state index contributed by atoms with van der Waals surface area (Å²) < 4.78 is 1.83. The number of amides is 3. The molecular weight excluding hydrogens is 342 g/mol. The molecule has 2 heterocycles. The highest BCUT2D eigenvalue weighted by atomic mass is 16.2. The molecule has 1 atom stereocenters. The molecule has 27 heavy (non-hydrogen) atoms. The van der Waals surface area contributed by atoms with Crippen molar-refractivity contribution in [3.63, 3.8) is 0 Å². The fourth-order valence-electron chi connectivity index (χ4n) is 3.43. The number of benzene rings is 1. The smallest absolute Gasteiger partial charge is 0.318 e. The summed E-state index contributed by atoms with van der Waals surface area (Å²) in [4.78, 5) is 26.6. The number of carbonyl (C=O) groups excluding carboxylic acids is 2. The molecule has 0 fully saturated rings. The van der Waals surface area contributed by atoms with Crippen LogP contribution in [-0.2, 0) is 6.54 Å². The lowest BCUT2D eigenvalue weighted by atomic mass is 10.0. The van der Waals surface area contributed by atoms with Crippen LogP contribution < -0.4 is 11.1 Å². The zero-order chi connectivity index (χ0) is 19.9. The van der Waals surface area contributed by atoms with Gasteiger partial charge in [0.15, 0.2) is 0 Å². The van der Waals surface area contributed by atoms with Gasteiger partial charge in [-0.15, -0.1) is 0 Å². The first kappa shape index (κ1) is 18.9. The molecule has 144 valence electrons. The van der Waals surface area contributed by atoms with E-state index in [9.17, 15) is 9.59 Å². The van der Waals surface area contributed by atoms with Crippen molar-refractivity contribution >= 4 is 11.9 Å². The van der Waals surface area contributed by atoms with Crippen LogP contribution in [0.5, 0.6) is 0 Å². The lowest BCUT2D eigenvalue weighted by Gasteiger charge is -2.34. The number of aromatic nitrogens is 2. The summed E-state index contributed by atoms with van der Waals surface area (Å²) in [5.41, 5.74) is 8.95. The summed E-state index contributed by atoms with van der Waals surface area (Å²) in [7, 11) is 0. The number of hydrogen-bond donors (Lipinski definition) is 2. The van der Waals surface area contributed by atoms with Gasteiger partial charge in [0.2, 0.25) is 0 Å². The second kappa shape index (κ2) is 6.72. The zero-order valence-electron chi connectivity index (χ0n) is 16.5. The Morgan fingerprint density at radius 2 is 2.00 bits per heavy atom. The van der Waals surface area contributed by atoms with Gasteiger partial charge in [0.25, 0.3) is 5.91 Å². The van der Waals surface area contributed by atoms with Gasteiger partial charge in [0.1, 0.15) is 5.69 Å². The minimum Gasteiger partial charge on any atom is -0.365 e. The molecule has 7 heteroatoms. The zero-order valence-corrected chi connectivity index (χ0v) is 16.5. The fraction of sp³-hybridized carbons (Fsp3) is 0.450.